The number of nitrogens with zero attached hydrogens (tertiary/aromatic N) is 2. The van der Waals surface area contributed by atoms with Crippen molar-refractivity contribution in [2.75, 3.05) is 11.1 Å². The average molecular weight is 339 g/mol. The molecule has 0 unspecified atom stereocenters. The lowest BCUT2D eigenvalue weighted by Gasteiger charge is -2.01. The Morgan fingerprint density at radius 1 is 1.08 bits per heavy atom. The van der Waals surface area contributed by atoms with Crippen LogP contribution < -0.4 is 5.32 Å². The van der Waals surface area contributed by atoms with E-state index < -0.39 is 0 Å². The average Bonchev–Trinajstić information content (AvgIpc) is 3.03. The van der Waals surface area contributed by atoms with Crippen LogP contribution in [0.4, 0.5) is 6.01 Å². The number of carbonyl (C=O) groups excluding carboxylic acids is 1. The zero-order valence-corrected chi connectivity index (χ0v) is 14.0. The summed E-state index contributed by atoms with van der Waals surface area (Å²) in [6.45, 7) is 2.04. The molecule has 3 rings (SSSR count). The fourth-order valence-corrected chi connectivity index (χ4v) is 2.80. The molecule has 6 heteroatoms. The number of aromatic nitrogens is 2. The molecule has 0 spiro atoms. The first-order chi connectivity index (χ1) is 11.7. The molecule has 1 aromatic heterocycles. The summed E-state index contributed by atoms with van der Waals surface area (Å²) >= 11 is 1.46. The number of aryl methyl sites for hydroxylation is 1. The molecule has 0 aliphatic heterocycles. The number of anilines is 1. The van der Waals surface area contributed by atoms with Crippen LogP contribution in [0.1, 0.15) is 17.0 Å². The third kappa shape index (κ3) is 4.70. The first kappa shape index (κ1) is 16.3. The summed E-state index contributed by atoms with van der Waals surface area (Å²) in [5.74, 6) is 0.596. The molecule has 24 heavy (non-hydrogen) atoms. The summed E-state index contributed by atoms with van der Waals surface area (Å²) in [4.78, 5) is 13.0. The highest BCUT2D eigenvalue weighted by Gasteiger charge is 2.10. The summed E-state index contributed by atoms with van der Waals surface area (Å²) in [6.07, 6.45) is 0.544. The normalized spacial score (nSPS) is 10.5. The maximum atomic E-state index is 11.9. The van der Waals surface area contributed by atoms with Gasteiger partial charge in [0.2, 0.25) is 11.8 Å². The molecule has 2 aromatic carbocycles. The minimum Gasteiger partial charge on any atom is -0.407 e. The van der Waals surface area contributed by atoms with Gasteiger partial charge in [-0.15, -0.1) is 16.9 Å². The van der Waals surface area contributed by atoms with Crippen LogP contribution in [0.15, 0.2) is 63.9 Å². The largest absolute Gasteiger partial charge is 0.407 e. The molecule has 0 radical (unpaired) electrons. The zero-order chi connectivity index (χ0) is 16.8. The summed E-state index contributed by atoms with van der Waals surface area (Å²) in [5, 5.41) is 10.5. The van der Waals surface area contributed by atoms with Crippen LogP contribution in [-0.4, -0.2) is 21.9 Å². The molecular weight excluding hydrogens is 322 g/mol. The third-order valence-corrected chi connectivity index (χ3v) is 4.31. The van der Waals surface area contributed by atoms with E-state index in [9.17, 15) is 4.79 Å². The summed E-state index contributed by atoms with van der Waals surface area (Å²) in [5.41, 5.74) is 2.29. The van der Waals surface area contributed by atoms with Crippen molar-refractivity contribution in [3.63, 3.8) is 0 Å². The van der Waals surface area contributed by atoms with Crippen molar-refractivity contribution in [1.82, 2.24) is 10.2 Å². The number of amides is 1. The van der Waals surface area contributed by atoms with Crippen LogP contribution >= 0.6 is 11.8 Å². The predicted molar refractivity (Wildman–Crippen MR) is 94.1 cm³/mol. The molecule has 0 bridgehead atoms. The zero-order valence-electron chi connectivity index (χ0n) is 13.2. The van der Waals surface area contributed by atoms with Crippen LogP contribution in [0, 0.1) is 6.92 Å². The fraction of sp³-hybridized carbons (Fsp3) is 0.167. The van der Waals surface area contributed by atoms with E-state index in [2.05, 4.69) is 15.5 Å². The Morgan fingerprint density at radius 3 is 2.58 bits per heavy atom. The van der Waals surface area contributed by atoms with Crippen LogP contribution in [0.2, 0.25) is 0 Å². The molecule has 0 saturated heterocycles. The Morgan fingerprint density at radius 2 is 1.83 bits per heavy atom. The van der Waals surface area contributed by atoms with Crippen molar-refractivity contribution >= 4 is 23.7 Å². The number of carbonyl (C=O) groups is 1. The third-order valence-electron chi connectivity index (χ3n) is 3.30. The molecule has 1 heterocycles. The SMILES string of the molecule is Cc1ccc(Cc2nnc(NC(=O)CSc3ccccc3)o2)cc1. The lowest BCUT2D eigenvalue weighted by molar-refractivity contribution is -0.113. The number of hydrogen-bond donors (Lipinski definition) is 1. The Labute approximate surface area is 144 Å². The molecule has 0 aliphatic carbocycles. The second-order valence-corrected chi connectivity index (χ2v) is 6.36. The van der Waals surface area contributed by atoms with E-state index in [1.165, 1.54) is 17.3 Å². The first-order valence-electron chi connectivity index (χ1n) is 7.55. The molecule has 0 saturated carbocycles. The molecule has 0 atom stereocenters. The number of thioether (sulfide) groups is 1. The molecule has 0 aliphatic rings. The lowest BCUT2D eigenvalue weighted by Crippen LogP contribution is -2.14. The van der Waals surface area contributed by atoms with E-state index in [1.54, 1.807) is 0 Å². The Bertz CT molecular complexity index is 801. The van der Waals surface area contributed by atoms with Gasteiger partial charge >= 0.3 is 6.01 Å². The Hall–Kier alpha value is -2.60. The predicted octanol–water partition coefficient (Wildman–Crippen LogP) is 3.70. The molecular formula is C18H17N3O2S. The number of nitrogens with one attached hydrogen (secondary N) is 1. The van der Waals surface area contributed by atoms with Gasteiger partial charge in [0.25, 0.3) is 0 Å². The van der Waals surface area contributed by atoms with Crippen molar-refractivity contribution in [3.05, 3.63) is 71.6 Å². The maximum Gasteiger partial charge on any atom is 0.322 e. The minimum absolute atomic E-state index is 0.135. The second kappa shape index (κ2) is 7.79. The van der Waals surface area contributed by atoms with Gasteiger partial charge in [-0.1, -0.05) is 53.1 Å². The van der Waals surface area contributed by atoms with Crippen molar-refractivity contribution in [2.24, 2.45) is 0 Å². The highest BCUT2D eigenvalue weighted by Crippen LogP contribution is 2.17. The van der Waals surface area contributed by atoms with Gasteiger partial charge in [-0.3, -0.25) is 10.1 Å². The molecule has 5 nitrogen and oxygen atoms in total. The van der Waals surface area contributed by atoms with E-state index in [-0.39, 0.29) is 11.9 Å². The van der Waals surface area contributed by atoms with Crippen molar-refractivity contribution < 1.29 is 9.21 Å². The molecule has 1 amide bonds. The van der Waals surface area contributed by atoms with Crippen molar-refractivity contribution in [2.45, 2.75) is 18.2 Å². The topological polar surface area (TPSA) is 68.0 Å². The van der Waals surface area contributed by atoms with Crippen molar-refractivity contribution in [3.8, 4) is 0 Å². The van der Waals surface area contributed by atoms with Gasteiger partial charge in [0, 0.05) is 4.90 Å². The van der Waals surface area contributed by atoms with E-state index in [4.69, 9.17) is 4.42 Å². The maximum absolute atomic E-state index is 11.9. The van der Waals surface area contributed by atoms with Gasteiger partial charge in [0.1, 0.15) is 0 Å². The molecule has 122 valence electrons. The second-order valence-electron chi connectivity index (χ2n) is 5.31. The van der Waals surface area contributed by atoms with Crippen molar-refractivity contribution in [1.29, 1.82) is 0 Å². The smallest absolute Gasteiger partial charge is 0.322 e. The van der Waals surface area contributed by atoms with E-state index >= 15 is 0 Å². The lowest BCUT2D eigenvalue weighted by atomic mass is 10.1. The Kier molecular flexibility index (Phi) is 5.28. The van der Waals surface area contributed by atoms with E-state index in [1.807, 2.05) is 61.5 Å². The number of hydrogen-bond acceptors (Lipinski definition) is 5. The van der Waals surface area contributed by atoms with Crippen LogP contribution in [0.25, 0.3) is 0 Å². The molecule has 1 N–H and O–H groups in total. The van der Waals surface area contributed by atoms with Gasteiger partial charge in [0.15, 0.2) is 0 Å². The van der Waals surface area contributed by atoms with Gasteiger partial charge < -0.3 is 4.42 Å². The van der Waals surface area contributed by atoms with Gasteiger partial charge in [-0.25, -0.2) is 0 Å². The van der Waals surface area contributed by atoms with E-state index in [0.717, 1.165) is 10.5 Å². The van der Waals surface area contributed by atoms with Gasteiger partial charge in [-0.05, 0) is 24.6 Å². The minimum atomic E-state index is -0.172. The standard InChI is InChI=1S/C18H17N3O2S/c1-13-7-9-14(10-8-13)11-17-20-21-18(23-17)19-16(22)12-24-15-5-3-2-4-6-15/h2-10H,11-12H2,1H3,(H,19,21,22). The highest BCUT2D eigenvalue weighted by molar-refractivity contribution is 8.00. The van der Waals surface area contributed by atoms with Gasteiger partial charge in [0.05, 0.1) is 12.2 Å². The molecule has 3 aromatic rings. The Balaban J connectivity index is 1.51. The van der Waals surface area contributed by atoms with Crippen LogP contribution in [0.3, 0.4) is 0 Å². The summed E-state index contributed by atoms with van der Waals surface area (Å²) in [7, 11) is 0. The summed E-state index contributed by atoms with van der Waals surface area (Å²) in [6, 6.07) is 18.0. The first-order valence-corrected chi connectivity index (χ1v) is 8.53. The summed E-state index contributed by atoms with van der Waals surface area (Å²) < 4.78 is 5.48. The number of benzene rings is 2. The number of rotatable bonds is 6. The van der Waals surface area contributed by atoms with Crippen LogP contribution in [-0.2, 0) is 11.2 Å². The fourth-order valence-electron chi connectivity index (χ4n) is 2.08. The monoisotopic (exact) mass is 339 g/mol. The highest BCUT2D eigenvalue weighted by atomic mass is 32.2. The molecule has 0 fully saturated rings. The van der Waals surface area contributed by atoms with Crippen LogP contribution in [0.5, 0.6) is 0 Å². The van der Waals surface area contributed by atoms with Gasteiger partial charge in [-0.2, -0.15) is 0 Å². The quantitative estimate of drug-likeness (QED) is 0.694. The van der Waals surface area contributed by atoms with E-state index in [0.29, 0.717) is 18.1 Å².